The highest BCUT2D eigenvalue weighted by molar-refractivity contribution is 5.76. The number of hydrogen-bond acceptors (Lipinski definition) is 4. The van der Waals surface area contributed by atoms with Crippen LogP contribution in [0.3, 0.4) is 0 Å². The van der Waals surface area contributed by atoms with Crippen molar-refractivity contribution in [1.29, 1.82) is 0 Å². The number of nitrogens with zero attached hydrogens (tertiary/aromatic N) is 2. The van der Waals surface area contributed by atoms with Crippen molar-refractivity contribution in [2.24, 2.45) is 0 Å². The van der Waals surface area contributed by atoms with Gasteiger partial charge in [0.1, 0.15) is 11.7 Å². The van der Waals surface area contributed by atoms with Gasteiger partial charge in [-0.3, -0.25) is 4.79 Å². The van der Waals surface area contributed by atoms with Crippen LogP contribution >= 0.6 is 0 Å². The van der Waals surface area contributed by atoms with Crippen LogP contribution in [0.15, 0.2) is 6.07 Å². The lowest BCUT2D eigenvalue weighted by atomic mass is 10.0. The van der Waals surface area contributed by atoms with Gasteiger partial charge >= 0.3 is 5.97 Å². The van der Waals surface area contributed by atoms with Crippen molar-refractivity contribution in [2.75, 3.05) is 7.11 Å². The Morgan fingerprint density at radius 1 is 1.42 bits per heavy atom. The summed E-state index contributed by atoms with van der Waals surface area (Å²) in [6.07, 6.45) is 5.62. The summed E-state index contributed by atoms with van der Waals surface area (Å²) < 4.78 is 4.84. The molecule has 1 unspecified atom stereocenters. The van der Waals surface area contributed by atoms with Crippen LogP contribution < -0.4 is 0 Å². The van der Waals surface area contributed by atoms with Gasteiger partial charge in [0.25, 0.3) is 0 Å². The van der Waals surface area contributed by atoms with Crippen molar-refractivity contribution in [3.8, 4) is 0 Å². The van der Waals surface area contributed by atoms with E-state index in [4.69, 9.17) is 4.74 Å². The number of ether oxygens (including phenoxy) is 1. The zero-order valence-electron chi connectivity index (χ0n) is 12.0. The first-order valence-corrected chi connectivity index (χ1v) is 7.09. The van der Waals surface area contributed by atoms with Crippen molar-refractivity contribution in [3.63, 3.8) is 0 Å². The Bertz CT molecular complexity index is 453. The number of aryl methyl sites for hydroxylation is 1. The van der Waals surface area contributed by atoms with Gasteiger partial charge in [0.2, 0.25) is 0 Å². The lowest BCUT2D eigenvalue weighted by Gasteiger charge is -2.15. The number of aromatic nitrogens is 2. The average molecular weight is 262 g/mol. The smallest absolute Gasteiger partial charge is 0.316 e. The Labute approximate surface area is 114 Å². The van der Waals surface area contributed by atoms with Gasteiger partial charge in [0.05, 0.1) is 7.11 Å². The first-order chi connectivity index (χ1) is 9.15. The molecule has 0 radical (unpaired) electrons. The van der Waals surface area contributed by atoms with E-state index in [9.17, 15) is 4.79 Å². The molecule has 1 heterocycles. The number of methoxy groups -OCH3 is 1. The molecule has 0 aromatic carbocycles. The zero-order valence-corrected chi connectivity index (χ0v) is 12.0. The Morgan fingerprint density at radius 2 is 2.11 bits per heavy atom. The van der Waals surface area contributed by atoms with E-state index < -0.39 is 0 Å². The van der Waals surface area contributed by atoms with E-state index in [1.807, 2.05) is 13.8 Å². The molecule has 19 heavy (non-hydrogen) atoms. The molecule has 4 nitrogen and oxygen atoms in total. The third-order valence-electron chi connectivity index (χ3n) is 3.87. The van der Waals surface area contributed by atoms with Crippen LogP contribution in [-0.2, 0) is 9.53 Å². The van der Waals surface area contributed by atoms with Crippen molar-refractivity contribution in [3.05, 3.63) is 23.3 Å². The summed E-state index contributed by atoms with van der Waals surface area (Å²) in [6, 6.07) is 2.06. The van der Waals surface area contributed by atoms with Crippen LogP contribution in [0, 0.1) is 6.92 Å². The second-order valence-electron chi connectivity index (χ2n) is 5.26. The number of rotatable bonds is 4. The first kappa shape index (κ1) is 14.0. The number of hydrogen-bond donors (Lipinski definition) is 0. The largest absolute Gasteiger partial charge is 0.468 e. The summed E-state index contributed by atoms with van der Waals surface area (Å²) in [5.74, 6) is 0.572. The average Bonchev–Trinajstić information content (AvgIpc) is 2.92. The van der Waals surface area contributed by atoms with Crippen LogP contribution in [0.25, 0.3) is 0 Å². The van der Waals surface area contributed by atoms with Gasteiger partial charge in [-0.2, -0.15) is 0 Å². The third-order valence-corrected chi connectivity index (χ3v) is 3.87. The predicted molar refractivity (Wildman–Crippen MR) is 73.0 cm³/mol. The van der Waals surface area contributed by atoms with Gasteiger partial charge in [-0.05, 0) is 32.3 Å². The van der Waals surface area contributed by atoms with Crippen LogP contribution in [0.2, 0.25) is 0 Å². The van der Waals surface area contributed by atoms with Crippen LogP contribution in [0.5, 0.6) is 0 Å². The molecular weight excluding hydrogens is 240 g/mol. The molecule has 0 N–H and O–H groups in total. The SMILES string of the molecule is CCC(C(=O)OC)c1nc(C)cc(C2CCCC2)n1. The zero-order chi connectivity index (χ0) is 13.8. The second kappa shape index (κ2) is 6.13. The van der Waals surface area contributed by atoms with Crippen molar-refractivity contribution in [2.45, 2.75) is 57.8 Å². The van der Waals surface area contributed by atoms with Gasteiger partial charge in [-0.1, -0.05) is 19.8 Å². The normalized spacial score (nSPS) is 17.4. The monoisotopic (exact) mass is 262 g/mol. The van der Waals surface area contributed by atoms with E-state index in [2.05, 4.69) is 16.0 Å². The van der Waals surface area contributed by atoms with E-state index in [1.165, 1.54) is 32.8 Å². The summed E-state index contributed by atoms with van der Waals surface area (Å²) in [5, 5.41) is 0. The fourth-order valence-corrected chi connectivity index (χ4v) is 2.80. The molecule has 1 atom stereocenters. The molecule has 0 saturated heterocycles. The molecule has 0 bridgehead atoms. The van der Waals surface area contributed by atoms with Crippen molar-refractivity contribution >= 4 is 5.97 Å². The Balaban J connectivity index is 2.31. The minimum atomic E-state index is -0.343. The number of carbonyl (C=O) groups excluding carboxylic acids is 1. The van der Waals surface area contributed by atoms with E-state index in [-0.39, 0.29) is 11.9 Å². The Hall–Kier alpha value is -1.45. The van der Waals surface area contributed by atoms with E-state index in [0.717, 1.165) is 11.4 Å². The summed E-state index contributed by atoms with van der Waals surface area (Å²) in [5.41, 5.74) is 2.04. The van der Waals surface area contributed by atoms with Crippen LogP contribution in [0.1, 0.15) is 68.1 Å². The van der Waals surface area contributed by atoms with Gasteiger partial charge in [-0.15, -0.1) is 0 Å². The summed E-state index contributed by atoms with van der Waals surface area (Å²) >= 11 is 0. The maximum atomic E-state index is 11.8. The molecule has 1 aromatic heterocycles. The Morgan fingerprint density at radius 3 is 2.68 bits per heavy atom. The molecule has 1 aromatic rings. The van der Waals surface area contributed by atoms with E-state index in [0.29, 0.717) is 18.2 Å². The molecule has 0 spiro atoms. The molecule has 0 aliphatic heterocycles. The lowest BCUT2D eigenvalue weighted by Crippen LogP contribution is -2.18. The molecule has 0 amide bonds. The minimum absolute atomic E-state index is 0.245. The molecule has 4 heteroatoms. The molecule has 1 aliphatic rings. The van der Waals surface area contributed by atoms with Gasteiger partial charge in [0.15, 0.2) is 0 Å². The first-order valence-electron chi connectivity index (χ1n) is 7.09. The lowest BCUT2D eigenvalue weighted by molar-refractivity contribution is -0.142. The van der Waals surface area contributed by atoms with E-state index >= 15 is 0 Å². The summed E-state index contributed by atoms with van der Waals surface area (Å²) in [4.78, 5) is 20.9. The minimum Gasteiger partial charge on any atom is -0.468 e. The molecule has 1 aliphatic carbocycles. The van der Waals surface area contributed by atoms with Crippen LogP contribution in [0.4, 0.5) is 0 Å². The predicted octanol–water partition coefficient (Wildman–Crippen LogP) is 3.11. The van der Waals surface area contributed by atoms with Gasteiger partial charge in [-0.25, -0.2) is 9.97 Å². The van der Waals surface area contributed by atoms with Gasteiger partial charge < -0.3 is 4.74 Å². The molecule has 104 valence electrons. The van der Waals surface area contributed by atoms with Crippen molar-refractivity contribution in [1.82, 2.24) is 9.97 Å². The van der Waals surface area contributed by atoms with Gasteiger partial charge in [0, 0.05) is 17.3 Å². The highest BCUT2D eigenvalue weighted by Gasteiger charge is 2.25. The topological polar surface area (TPSA) is 52.1 Å². The summed E-state index contributed by atoms with van der Waals surface area (Å²) in [7, 11) is 1.42. The third kappa shape index (κ3) is 3.11. The molecule has 1 fully saturated rings. The van der Waals surface area contributed by atoms with E-state index in [1.54, 1.807) is 0 Å². The Kier molecular flexibility index (Phi) is 4.51. The highest BCUT2D eigenvalue weighted by atomic mass is 16.5. The standard InChI is InChI=1S/C15H22N2O2/c1-4-12(15(18)19-3)14-16-10(2)9-13(17-14)11-7-5-6-8-11/h9,11-12H,4-8H2,1-3H3. The maximum absolute atomic E-state index is 11.8. The number of esters is 1. The molecule has 2 rings (SSSR count). The highest BCUT2D eigenvalue weighted by Crippen LogP contribution is 2.33. The summed E-state index contributed by atoms with van der Waals surface area (Å²) in [6.45, 7) is 3.93. The van der Waals surface area contributed by atoms with Crippen LogP contribution in [-0.4, -0.2) is 23.0 Å². The molecular formula is C15H22N2O2. The maximum Gasteiger partial charge on any atom is 0.316 e. The fourth-order valence-electron chi connectivity index (χ4n) is 2.80. The second-order valence-corrected chi connectivity index (χ2v) is 5.26. The fraction of sp³-hybridized carbons (Fsp3) is 0.667. The number of carbonyl (C=O) groups is 1. The van der Waals surface area contributed by atoms with Crippen molar-refractivity contribution < 1.29 is 9.53 Å². The molecule has 1 saturated carbocycles. The quantitative estimate of drug-likeness (QED) is 0.782.